The predicted molar refractivity (Wildman–Crippen MR) is 111 cm³/mol. The lowest BCUT2D eigenvalue weighted by Crippen LogP contribution is -2.37. The summed E-state index contributed by atoms with van der Waals surface area (Å²) in [5.41, 5.74) is 2.27. The van der Waals surface area contributed by atoms with Gasteiger partial charge in [-0.25, -0.2) is 14.5 Å². The Hall–Kier alpha value is -3.75. The topological polar surface area (TPSA) is 115 Å². The van der Waals surface area contributed by atoms with Crippen molar-refractivity contribution in [2.75, 3.05) is 20.2 Å². The quantitative estimate of drug-likeness (QED) is 0.574. The van der Waals surface area contributed by atoms with E-state index in [4.69, 9.17) is 9.72 Å². The van der Waals surface area contributed by atoms with Crippen molar-refractivity contribution in [3.63, 3.8) is 0 Å². The first-order valence-corrected chi connectivity index (χ1v) is 9.48. The standard InChI is InChI=1S/C21H23N5O4/c1-13(2)26-20-16(10-24-26)15(9-17(25-20)14-7-5-4-6-8-14)21(29)30-12-19(28)23-11-18(27)22-3/h4-10,13H,11-12H2,1-3H3,(H,22,27)(H,23,28). The van der Waals surface area contributed by atoms with E-state index in [9.17, 15) is 14.4 Å². The first-order chi connectivity index (χ1) is 14.4. The normalized spacial score (nSPS) is 10.8. The van der Waals surface area contributed by atoms with Gasteiger partial charge in [-0.2, -0.15) is 5.10 Å². The minimum absolute atomic E-state index is 0.0420. The van der Waals surface area contributed by atoms with Crippen LogP contribution < -0.4 is 10.6 Å². The Bertz CT molecular complexity index is 1080. The SMILES string of the molecule is CNC(=O)CNC(=O)COC(=O)c1cc(-c2ccccc2)nc2c1cnn2C(C)C. The summed E-state index contributed by atoms with van der Waals surface area (Å²) in [6, 6.07) is 11.1. The van der Waals surface area contributed by atoms with Crippen molar-refractivity contribution < 1.29 is 19.1 Å². The largest absolute Gasteiger partial charge is 0.452 e. The molecule has 0 unspecified atom stereocenters. The van der Waals surface area contributed by atoms with Gasteiger partial charge < -0.3 is 15.4 Å². The average Bonchev–Trinajstić information content (AvgIpc) is 3.20. The molecule has 0 aliphatic carbocycles. The summed E-state index contributed by atoms with van der Waals surface area (Å²) >= 11 is 0. The number of hydrogen-bond acceptors (Lipinski definition) is 6. The highest BCUT2D eigenvalue weighted by molar-refractivity contribution is 6.04. The lowest BCUT2D eigenvalue weighted by molar-refractivity contribution is -0.127. The number of aromatic nitrogens is 3. The summed E-state index contributed by atoms with van der Waals surface area (Å²) in [4.78, 5) is 40.5. The van der Waals surface area contributed by atoms with E-state index in [0.717, 1.165) is 5.56 Å². The van der Waals surface area contributed by atoms with Crippen LogP contribution in [0.3, 0.4) is 0 Å². The molecule has 3 rings (SSSR count). The number of carbonyl (C=O) groups is 3. The van der Waals surface area contributed by atoms with E-state index in [2.05, 4.69) is 15.7 Å². The molecule has 0 aliphatic rings. The summed E-state index contributed by atoms with van der Waals surface area (Å²) in [5, 5.41) is 9.65. The summed E-state index contributed by atoms with van der Waals surface area (Å²) in [7, 11) is 1.46. The number of esters is 1. The number of likely N-dealkylation sites (N-methyl/N-ethyl adjacent to an activating group) is 1. The van der Waals surface area contributed by atoms with E-state index >= 15 is 0 Å². The van der Waals surface area contributed by atoms with E-state index in [1.807, 2.05) is 44.2 Å². The Balaban J connectivity index is 1.89. The first-order valence-electron chi connectivity index (χ1n) is 9.48. The fourth-order valence-corrected chi connectivity index (χ4v) is 2.85. The van der Waals surface area contributed by atoms with Gasteiger partial charge in [0.15, 0.2) is 12.3 Å². The third-order valence-corrected chi connectivity index (χ3v) is 4.40. The third-order valence-electron chi connectivity index (χ3n) is 4.40. The number of nitrogens with one attached hydrogen (secondary N) is 2. The van der Waals surface area contributed by atoms with Crippen LogP contribution in [-0.4, -0.2) is 52.7 Å². The number of pyridine rings is 1. The molecular weight excluding hydrogens is 386 g/mol. The van der Waals surface area contributed by atoms with Crippen LogP contribution >= 0.6 is 0 Å². The molecule has 0 saturated carbocycles. The monoisotopic (exact) mass is 409 g/mol. The van der Waals surface area contributed by atoms with Crippen LogP contribution in [0.5, 0.6) is 0 Å². The highest BCUT2D eigenvalue weighted by atomic mass is 16.5. The number of ether oxygens (including phenoxy) is 1. The van der Waals surface area contributed by atoms with E-state index in [1.54, 1.807) is 16.9 Å². The number of nitrogens with zero attached hydrogens (tertiary/aromatic N) is 3. The zero-order valence-corrected chi connectivity index (χ0v) is 17.0. The van der Waals surface area contributed by atoms with Crippen molar-refractivity contribution in [2.24, 2.45) is 0 Å². The highest BCUT2D eigenvalue weighted by Crippen LogP contribution is 2.26. The van der Waals surface area contributed by atoms with E-state index < -0.39 is 18.5 Å². The van der Waals surface area contributed by atoms with Crippen molar-refractivity contribution in [3.8, 4) is 11.3 Å². The lowest BCUT2D eigenvalue weighted by Gasteiger charge is -2.11. The molecule has 2 amide bonds. The van der Waals surface area contributed by atoms with Gasteiger partial charge in [0.1, 0.15) is 0 Å². The molecule has 1 aromatic carbocycles. The molecule has 9 heteroatoms. The molecule has 0 spiro atoms. The van der Waals surface area contributed by atoms with Crippen molar-refractivity contribution in [1.29, 1.82) is 0 Å². The Morgan fingerprint density at radius 3 is 2.53 bits per heavy atom. The van der Waals surface area contributed by atoms with E-state index in [-0.39, 0.29) is 24.1 Å². The van der Waals surface area contributed by atoms with Gasteiger partial charge >= 0.3 is 5.97 Å². The smallest absolute Gasteiger partial charge is 0.339 e. The fourth-order valence-electron chi connectivity index (χ4n) is 2.85. The third kappa shape index (κ3) is 4.62. The Morgan fingerprint density at radius 2 is 1.87 bits per heavy atom. The zero-order chi connectivity index (χ0) is 21.7. The van der Waals surface area contributed by atoms with Gasteiger partial charge in [-0.05, 0) is 19.9 Å². The van der Waals surface area contributed by atoms with Crippen LogP contribution in [0.1, 0.15) is 30.2 Å². The number of amides is 2. The van der Waals surface area contributed by atoms with Crippen LogP contribution in [0.15, 0.2) is 42.6 Å². The number of fused-ring (bicyclic) bond motifs is 1. The Morgan fingerprint density at radius 1 is 1.13 bits per heavy atom. The molecule has 0 bridgehead atoms. The molecule has 156 valence electrons. The molecule has 30 heavy (non-hydrogen) atoms. The molecule has 9 nitrogen and oxygen atoms in total. The van der Waals surface area contributed by atoms with Gasteiger partial charge in [0.25, 0.3) is 5.91 Å². The highest BCUT2D eigenvalue weighted by Gasteiger charge is 2.20. The van der Waals surface area contributed by atoms with Crippen LogP contribution in [0.4, 0.5) is 0 Å². The zero-order valence-electron chi connectivity index (χ0n) is 17.0. The number of hydrogen-bond donors (Lipinski definition) is 2. The van der Waals surface area contributed by atoms with Gasteiger partial charge in [0.05, 0.1) is 29.4 Å². The summed E-state index contributed by atoms with van der Waals surface area (Å²) < 4.78 is 6.91. The van der Waals surface area contributed by atoms with Gasteiger partial charge in [0, 0.05) is 18.7 Å². The molecule has 0 atom stereocenters. The first kappa shape index (κ1) is 21.0. The molecule has 0 radical (unpaired) electrons. The Kier molecular flexibility index (Phi) is 6.41. The van der Waals surface area contributed by atoms with Gasteiger partial charge in [-0.15, -0.1) is 0 Å². The molecule has 2 N–H and O–H groups in total. The molecule has 2 aromatic heterocycles. The number of benzene rings is 1. The number of rotatable bonds is 7. The molecule has 0 saturated heterocycles. The molecule has 3 aromatic rings. The van der Waals surface area contributed by atoms with Crippen LogP contribution in [0.2, 0.25) is 0 Å². The summed E-state index contributed by atoms with van der Waals surface area (Å²) in [6.45, 7) is 3.25. The van der Waals surface area contributed by atoms with Gasteiger partial charge in [-0.1, -0.05) is 30.3 Å². The van der Waals surface area contributed by atoms with Crippen molar-refractivity contribution in [1.82, 2.24) is 25.4 Å². The fraction of sp³-hybridized carbons (Fsp3) is 0.286. The van der Waals surface area contributed by atoms with Crippen LogP contribution in [0, 0.1) is 0 Å². The van der Waals surface area contributed by atoms with Crippen molar-refractivity contribution in [3.05, 3.63) is 48.2 Å². The maximum absolute atomic E-state index is 12.8. The van der Waals surface area contributed by atoms with E-state index in [0.29, 0.717) is 16.7 Å². The van der Waals surface area contributed by atoms with Gasteiger partial charge in [-0.3, -0.25) is 9.59 Å². The average molecular weight is 409 g/mol. The molecule has 2 heterocycles. The summed E-state index contributed by atoms with van der Waals surface area (Å²) in [6.07, 6.45) is 1.57. The lowest BCUT2D eigenvalue weighted by atomic mass is 10.1. The summed E-state index contributed by atoms with van der Waals surface area (Å²) in [5.74, 6) is -1.59. The maximum atomic E-state index is 12.8. The number of carbonyl (C=O) groups excluding carboxylic acids is 3. The predicted octanol–water partition coefficient (Wildman–Crippen LogP) is 1.70. The van der Waals surface area contributed by atoms with Crippen molar-refractivity contribution >= 4 is 28.8 Å². The molecular formula is C21H23N5O4. The minimum atomic E-state index is -0.669. The second kappa shape index (κ2) is 9.17. The Labute approximate surface area is 173 Å². The second-order valence-corrected chi connectivity index (χ2v) is 6.87. The molecule has 0 fully saturated rings. The second-order valence-electron chi connectivity index (χ2n) is 6.87. The van der Waals surface area contributed by atoms with Crippen molar-refractivity contribution in [2.45, 2.75) is 19.9 Å². The van der Waals surface area contributed by atoms with E-state index in [1.165, 1.54) is 7.05 Å². The maximum Gasteiger partial charge on any atom is 0.339 e. The minimum Gasteiger partial charge on any atom is -0.452 e. The van der Waals surface area contributed by atoms with Crippen LogP contribution in [0.25, 0.3) is 22.3 Å². The van der Waals surface area contributed by atoms with Crippen LogP contribution in [-0.2, 0) is 14.3 Å². The molecule has 0 aliphatic heterocycles. The van der Waals surface area contributed by atoms with Gasteiger partial charge in [0.2, 0.25) is 5.91 Å².